The minimum Gasteiger partial charge on any atom is -0.372 e. The zero-order valence-electron chi connectivity index (χ0n) is 12.4. The summed E-state index contributed by atoms with van der Waals surface area (Å²) in [4.78, 5) is 9.28. The van der Waals surface area contributed by atoms with Crippen molar-refractivity contribution < 1.29 is 0 Å². The molecule has 4 nitrogen and oxygen atoms in total. The molecule has 0 radical (unpaired) electrons. The van der Waals surface area contributed by atoms with Gasteiger partial charge in [0.2, 0.25) is 0 Å². The maximum absolute atomic E-state index is 9.03. The van der Waals surface area contributed by atoms with Crippen LogP contribution in [0, 0.1) is 11.3 Å². The highest BCUT2D eigenvalue weighted by Gasteiger charge is 2.18. The maximum atomic E-state index is 9.03. The second-order valence-electron chi connectivity index (χ2n) is 5.43. The number of hydrogen-bond acceptors (Lipinski definition) is 4. The lowest BCUT2D eigenvalue weighted by Gasteiger charge is -2.21. The molecule has 1 aliphatic heterocycles. The normalized spacial score (nSPS) is 14.3. The maximum Gasteiger partial charge on any atom is 0.152 e. The van der Waals surface area contributed by atoms with Crippen LogP contribution in [-0.2, 0) is 0 Å². The molecule has 0 aliphatic carbocycles. The number of hydrogen-bond donors (Lipinski definition) is 0. The first kappa shape index (κ1) is 13.4. The van der Waals surface area contributed by atoms with Gasteiger partial charge < -0.3 is 9.80 Å². The van der Waals surface area contributed by atoms with Crippen LogP contribution >= 0.6 is 0 Å². The Morgan fingerprint density at radius 3 is 2.71 bits per heavy atom. The number of fused-ring (bicyclic) bond motifs is 1. The second-order valence-corrected chi connectivity index (χ2v) is 5.43. The van der Waals surface area contributed by atoms with Crippen LogP contribution in [-0.4, -0.2) is 32.2 Å². The van der Waals surface area contributed by atoms with Crippen LogP contribution in [0.3, 0.4) is 0 Å². The number of benzene rings is 1. The Bertz CT molecular complexity index is 702. The smallest absolute Gasteiger partial charge is 0.152 e. The minimum atomic E-state index is 0.662. The number of pyridine rings is 1. The van der Waals surface area contributed by atoms with E-state index in [9.17, 15) is 0 Å². The minimum absolute atomic E-state index is 0.662. The number of nitriles is 1. The van der Waals surface area contributed by atoms with Crippen molar-refractivity contribution >= 4 is 11.5 Å². The summed E-state index contributed by atoms with van der Waals surface area (Å²) in [5.41, 5.74) is 3.72. The highest BCUT2D eigenvalue weighted by molar-refractivity contribution is 5.73. The van der Waals surface area contributed by atoms with E-state index in [4.69, 9.17) is 10.2 Å². The van der Waals surface area contributed by atoms with E-state index in [1.165, 1.54) is 0 Å². The van der Waals surface area contributed by atoms with Crippen molar-refractivity contribution in [3.8, 4) is 17.3 Å². The number of rotatable bonds is 1. The van der Waals surface area contributed by atoms with Gasteiger partial charge in [0.1, 0.15) is 0 Å². The quantitative estimate of drug-likeness (QED) is 0.804. The van der Waals surface area contributed by atoms with E-state index < -0.39 is 0 Å². The van der Waals surface area contributed by atoms with E-state index in [-0.39, 0.29) is 0 Å². The standard InChI is InChI=1S/C17H18N4/c1-20-9-4-10-21(2)17-16(20)8-7-15(19-17)14-6-3-5-13(11-14)12-18/h3,5-8,11H,4,9-10H2,1-2H3. The third-order valence-electron chi connectivity index (χ3n) is 3.90. The molecule has 0 N–H and O–H groups in total. The van der Waals surface area contributed by atoms with Crippen molar-refractivity contribution in [1.82, 2.24) is 4.98 Å². The molecule has 0 bridgehead atoms. The zero-order chi connectivity index (χ0) is 14.8. The number of aromatic nitrogens is 1. The van der Waals surface area contributed by atoms with Crippen molar-refractivity contribution in [1.29, 1.82) is 5.26 Å². The Balaban J connectivity index is 2.08. The molecule has 2 heterocycles. The lowest BCUT2D eigenvalue weighted by molar-refractivity contribution is 0.788. The summed E-state index contributed by atoms with van der Waals surface area (Å²) in [5, 5.41) is 9.03. The van der Waals surface area contributed by atoms with Gasteiger partial charge in [-0.15, -0.1) is 0 Å². The highest BCUT2D eigenvalue weighted by Crippen LogP contribution is 2.31. The summed E-state index contributed by atoms with van der Waals surface area (Å²) >= 11 is 0. The summed E-state index contributed by atoms with van der Waals surface area (Å²) in [7, 11) is 4.19. The van der Waals surface area contributed by atoms with Gasteiger partial charge in [-0.25, -0.2) is 4.98 Å². The molecule has 2 aromatic rings. The average molecular weight is 278 g/mol. The lowest BCUT2D eigenvalue weighted by Crippen LogP contribution is -2.18. The van der Waals surface area contributed by atoms with Crippen LogP contribution in [0.15, 0.2) is 36.4 Å². The van der Waals surface area contributed by atoms with Crippen LogP contribution in [0.25, 0.3) is 11.3 Å². The van der Waals surface area contributed by atoms with Crippen LogP contribution in [0.4, 0.5) is 11.5 Å². The molecule has 1 aliphatic rings. The summed E-state index contributed by atoms with van der Waals surface area (Å²) in [6, 6.07) is 13.9. The third-order valence-corrected chi connectivity index (χ3v) is 3.90. The first-order valence-electron chi connectivity index (χ1n) is 7.13. The van der Waals surface area contributed by atoms with Crippen LogP contribution in [0.2, 0.25) is 0 Å². The molecule has 1 aromatic heterocycles. The molecular formula is C17H18N4. The summed E-state index contributed by atoms with van der Waals surface area (Å²) in [5.74, 6) is 1.01. The zero-order valence-corrected chi connectivity index (χ0v) is 12.4. The molecule has 106 valence electrons. The van der Waals surface area contributed by atoms with Crippen molar-refractivity contribution in [2.75, 3.05) is 37.0 Å². The molecule has 21 heavy (non-hydrogen) atoms. The number of anilines is 2. The Hall–Kier alpha value is -2.54. The van der Waals surface area contributed by atoms with Crippen molar-refractivity contribution in [2.45, 2.75) is 6.42 Å². The third kappa shape index (κ3) is 2.55. The van der Waals surface area contributed by atoms with Gasteiger partial charge in [-0.3, -0.25) is 0 Å². The largest absolute Gasteiger partial charge is 0.372 e. The second kappa shape index (κ2) is 5.45. The molecule has 0 saturated carbocycles. The molecule has 0 fully saturated rings. The highest BCUT2D eigenvalue weighted by atomic mass is 15.2. The van der Waals surface area contributed by atoms with Crippen molar-refractivity contribution in [3.05, 3.63) is 42.0 Å². The topological polar surface area (TPSA) is 43.2 Å². The average Bonchev–Trinajstić information content (AvgIpc) is 2.67. The van der Waals surface area contributed by atoms with Gasteiger partial charge >= 0.3 is 0 Å². The Morgan fingerprint density at radius 1 is 1.10 bits per heavy atom. The van der Waals surface area contributed by atoms with Gasteiger partial charge in [0.15, 0.2) is 5.82 Å². The molecule has 1 aromatic carbocycles. The predicted octanol–water partition coefficient (Wildman–Crippen LogP) is 2.90. The fourth-order valence-electron chi connectivity index (χ4n) is 2.70. The Kier molecular flexibility index (Phi) is 3.49. The summed E-state index contributed by atoms with van der Waals surface area (Å²) < 4.78 is 0. The van der Waals surface area contributed by atoms with E-state index in [1.807, 2.05) is 30.3 Å². The molecule has 0 spiro atoms. The first-order chi connectivity index (χ1) is 10.2. The Morgan fingerprint density at radius 2 is 1.90 bits per heavy atom. The fraction of sp³-hybridized carbons (Fsp3) is 0.294. The molecule has 3 rings (SSSR count). The molecular weight excluding hydrogens is 260 g/mol. The predicted molar refractivity (Wildman–Crippen MR) is 85.5 cm³/mol. The van der Waals surface area contributed by atoms with Gasteiger partial charge in [0.25, 0.3) is 0 Å². The van der Waals surface area contributed by atoms with Crippen molar-refractivity contribution in [2.24, 2.45) is 0 Å². The summed E-state index contributed by atoms with van der Waals surface area (Å²) in [6.45, 7) is 2.05. The van der Waals surface area contributed by atoms with Crippen LogP contribution in [0.5, 0.6) is 0 Å². The van der Waals surface area contributed by atoms with Gasteiger partial charge in [0, 0.05) is 32.7 Å². The molecule has 4 heteroatoms. The lowest BCUT2D eigenvalue weighted by atomic mass is 10.1. The Labute approximate surface area is 125 Å². The van der Waals surface area contributed by atoms with E-state index in [2.05, 4.69) is 36.0 Å². The molecule has 0 saturated heterocycles. The fourth-order valence-corrected chi connectivity index (χ4v) is 2.70. The van der Waals surface area contributed by atoms with Gasteiger partial charge in [0.05, 0.1) is 23.0 Å². The van der Waals surface area contributed by atoms with Crippen LogP contribution in [0.1, 0.15) is 12.0 Å². The van der Waals surface area contributed by atoms with Crippen LogP contribution < -0.4 is 9.80 Å². The van der Waals surface area contributed by atoms with E-state index >= 15 is 0 Å². The van der Waals surface area contributed by atoms with Gasteiger partial charge in [-0.05, 0) is 30.7 Å². The first-order valence-corrected chi connectivity index (χ1v) is 7.13. The van der Waals surface area contributed by atoms with E-state index in [1.54, 1.807) is 0 Å². The van der Waals surface area contributed by atoms with Gasteiger partial charge in [-0.1, -0.05) is 12.1 Å². The molecule has 0 unspecified atom stereocenters. The summed E-state index contributed by atoms with van der Waals surface area (Å²) in [6.07, 6.45) is 1.13. The number of nitrogens with zero attached hydrogens (tertiary/aromatic N) is 4. The molecule has 0 amide bonds. The van der Waals surface area contributed by atoms with Crippen molar-refractivity contribution in [3.63, 3.8) is 0 Å². The van der Waals surface area contributed by atoms with E-state index in [0.717, 1.165) is 42.3 Å². The van der Waals surface area contributed by atoms with E-state index in [0.29, 0.717) is 5.56 Å². The van der Waals surface area contributed by atoms with Gasteiger partial charge in [-0.2, -0.15) is 5.26 Å². The SMILES string of the molecule is CN1CCCN(C)c2nc(-c3cccc(C#N)c3)ccc21. The molecule has 0 atom stereocenters. The monoisotopic (exact) mass is 278 g/mol.